The van der Waals surface area contributed by atoms with Crippen molar-refractivity contribution in [3.05, 3.63) is 59.9 Å². The molecule has 112 valence electrons. The van der Waals surface area contributed by atoms with Crippen LogP contribution < -0.4 is 5.32 Å². The van der Waals surface area contributed by atoms with Gasteiger partial charge >= 0.3 is 0 Å². The fraction of sp³-hybridized carbons (Fsp3) is 0.222. The van der Waals surface area contributed by atoms with Gasteiger partial charge in [-0.15, -0.1) is 0 Å². The van der Waals surface area contributed by atoms with Gasteiger partial charge in [-0.1, -0.05) is 18.2 Å². The maximum atomic E-state index is 12.0. The minimum absolute atomic E-state index is 0.0110. The molecule has 0 atom stereocenters. The van der Waals surface area contributed by atoms with E-state index in [1.54, 1.807) is 6.33 Å². The standard InChI is InChI=1S/C18H19N3O/c1-13-10-16-17(11-14(13)2)21(12-19-16)9-8-18(22)20-15-6-4-3-5-7-15/h3-7,10-12H,8-9H2,1-2H3,(H,20,22). The number of imidazole rings is 1. The molecular weight excluding hydrogens is 274 g/mol. The molecule has 3 rings (SSSR count). The Kier molecular flexibility index (Phi) is 3.92. The topological polar surface area (TPSA) is 46.9 Å². The van der Waals surface area contributed by atoms with Crippen LogP contribution in [-0.4, -0.2) is 15.5 Å². The molecule has 0 radical (unpaired) electrons. The van der Waals surface area contributed by atoms with E-state index in [-0.39, 0.29) is 5.91 Å². The van der Waals surface area contributed by atoms with Gasteiger partial charge in [0.2, 0.25) is 5.91 Å². The summed E-state index contributed by atoms with van der Waals surface area (Å²) in [6, 6.07) is 13.7. The zero-order valence-corrected chi connectivity index (χ0v) is 12.8. The number of fused-ring (bicyclic) bond motifs is 1. The number of aryl methyl sites for hydroxylation is 3. The van der Waals surface area contributed by atoms with E-state index in [0.717, 1.165) is 16.7 Å². The molecule has 0 saturated carbocycles. The number of amides is 1. The lowest BCUT2D eigenvalue weighted by atomic mass is 10.1. The molecule has 0 fully saturated rings. The molecule has 1 aromatic heterocycles. The first-order chi connectivity index (χ1) is 10.6. The number of aromatic nitrogens is 2. The molecular formula is C18H19N3O. The third kappa shape index (κ3) is 3.01. The Morgan fingerprint density at radius 1 is 1.14 bits per heavy atom. The van der Waals surface area contributed by atoms with E-state index in [1.807, 2.05) is 34.9 Å². The third-order valence-corrected chi connectivity index (χ3v) is 3.87. The Hall–Kier alpha value is -2.62. The molecule has 0 saturated heterocycles. The molecule has 1 N–H and O–H groups in total. The van der Waals surface area contributed by atoms with Crippen molar-refractivity contribution in [2.45, 2.75) is 26.8 Å². The van der Waals surface area contributed by atoms with Gasteiger partial charge in [0.25, 0.3) is 0 Å². The third-order valence-electron chi connectivity index (χ3n) is 3.87. The predicted molar refractivity (Wildman–Crippen MR) is 88.9 cm³/mol. The first-order valence-electron chi connectivity index (χ1n) is 7.40. The largest absolute Gasteiger partial charge is 0.330 e. The van der Waals surface area contributed by atoms with Crippen LogP contribution in [0, 0.1) is 13.8 Å². The van der Waals surface area contributed by atoms with Crippen LogP contribution in [0.25, 0.3) is 11.0 Å². The molecule has 0 bridgehead atoms. The summed E-state index contributed by atoms with van der Waals surface area (Å²) < 4.78 is 2.03. The molecule has 0 aliphatic heterocycles. The Labute approximate surface area is 129 Å². The van der Waals surface area contributed by atoms with Crippen LogP contribution in [-0.2, 0) is 11.3 Å². The van der Waals surface area contributed by atoms with Crippen LogP contribution in [0.4, 0.5) is 5.69 Å². The first-order valence-corrected chi connectivity index (χ1v) is 7.40. The number of hydrogen-bond donors (Lipinski definition) is 1. The van der Waals surface area contributed by atoms with Crippen LogP contribution in [0.1, 0.15) is 17.5 Å². The van der Waals surface area contributed by atoms with E-state index in [0.29, 0.717) is 13.0 Å². The average Bonchev–Trinajstić information content (AvgIpc) is 2.89. The van der Waals surface area contributed by atoms with Crippen molar-refractivity contribution in [2.75, 3.05) is 5.32 Å². The summed E-state index contributed by atoms with van der Waals surface area (Å²) in [5.41, 5.74) is 5.36. The van der Waals surface area contributed by atoms with E-state index in [1.165, 1.54) is 11.1 Å². The lowest BCUT2D eigenvalue weighted by molar-refractivity contribution is -0.116. The Balaban J connectivity index is 1.69. The molecule has 0 aliphatic carbocycles. The Morgan fingerprint density at radius 2 is 1.86 bits per heavy atom. The van der Waals surface area contributed by atoms with Crippen molar-refractivity contribution >= 4 is 22.6 Å². The fourth-order valence-corrected chi connectivity index (χ4v) is 2.46. The second-order valence-corrected chi connectivity index (χ2v) is 5.53. The van der Waals surface area contributed by atoms with Gasteiger partial charge in [-0.2, -0.15) is 0 Å². The van der Waals surface area contributed by atoms with Crippen molar-refractivity contribution in [2.24, 2.45) is 0 Å². The zero-order valence-electron chi connectivity index (χ0n) is 12.8. The molecule has 4 heteroatoms. The highest BCUT2D eigenvalue weighted by molar-refractivity contribution is 5.90. The highest BCUT2D eigenvalue weighted by atomic mass is 16.1. The van der Waals surface area contributed by atoms with Crippen LogP contribution in [0.15, 0.2) is 48.8 Å². The van der Waals surface area contributed by atoms with Crippen molar-refractivity contribution in [1.82, 2.24) is 9.55 Å². The summed E-state index contributed by atoms with van der Waals surface area (Å²) in [6.45, 7) is 4.80. The minimum Gasteiger partial charge on any atom is -0.330 e. The first kappa shape index (κ1) is 14.3. The van der Waals surface area contributed by atoms with Gasteiger partial charge in [-0.05, 0) is 49.2 Å². The summed E-state index contributed by atoms with van der Waals surface area (Å²) in [5.74, 6) is 0.0110. The number of anilines is 1. The Bertz CT molecular complexity index is 806. The van der Waals surface area contributed by atoms with E-state index in [9.17, 15) is 4.79 Å². The van der Waals surface area contributed by atoms with Gasteiger partial charge in [0, 0.05) is 18.7 Å². The molecule has 3 aromatic rings. The number of nitrogens with one attached hydrogen (secondary N) is 1. The highest BCUT2D eigenvalue weighted by Gasteiger charge is 2.07. The van der Waals surface area contributed by atoms with Crippen molar-refractivity contribution in [3.8, 4) is 0 Å². The lowest BCUT2D eigenvalue weighted by Crippen LogP contribution is -2.14. The van der Waals surface area contributed by atoms with E-state index < -0.39 is 0 Å². The lowest BCUT2D eigenvalue weighted by Gasteiger charge is -2.07. The molecule has 0 aliphatic rings. The van der Waals surface area contributed by atoms with Gasteiger partial charge < -0.3 is 9.88 Å². The van der Waals surface area contributed by atoms with Gasteiger partial charge in [0.1, 0.15) is 0 Å². The molecule has 2 aromatic carbocycles. The number of rotatable bonds is 4. The van der Waals surface area contributed by atoms with Gasteiger partial charge in [0.15, 0.2) is 0 Å². The monoisotopic (exact) mass is 293 g/mol. The van der Waals surface area contributed by atoms with Crippen LogP contribution in [0.2, 0.25) is 0 Å². The Morgan fingerprint density at radius 3 is 2.64 bits per heavy atom. The molecule has 4 nitrogen and oxygen atoms in total. The van der Waals surface area contributed by atoms with E-state index in [2.05, 4.69) is 36.3 Å². The second-order valence-electron chi connectivity index (χ2n) is 5.53. The average molecular weight is 293 g/mol. The predicted octanol–water partition coefficient (Wildman–Crippen LogP) is 3.68. The molecule has 0 unspecified atom stereocenters. The van der Waals surface area contributed by atoms with Gasteiger partial charge in [-0.3, -0.25) is 4.79 Å². The van der Waals surface area contributed by atoms with E-state index >= 15 is 0 Å². The van der Waals surface area contributed by atoms with E-state index in [4.69, 9.17) is 0 Å². The maximum Gasteiger partial charge on any atom is 0.226 e. The number of carbonyl (C=O) groups excluding carboxylic acids is 1. The fourth-order valence-electron chi connectivity index (χ4n) is 2.46. The SMILES string of the molecule is Cc1cc2ncn(CCC(=O)Nc3ccccc3)c2cc1C. The van der Waals surface area contributed by atoms with Gasteiger partial charge in [-0.25, -0.2) is 4.98 Å². The summed E-state index contributed by atoms with van der Waals surface area (Å²) in [7, 11) is 0. The quantitative estimate of drug-likeness (QED) is 0.797. The number of para-hydroxylation sites is 1. The summed E-state index contributed by atoms with van der Waals surface area (Å²) in [6.07, 6.45) is 2.23. The van der Waals surface area contributed by atoms with Crippen LogP contribution in [0.5, 0.6) is 0 Å². The smallest absolute Gasteiger partial charge is 0.226 e. The van der Waals surface area contributed by atoms with Gasteiger partial charge in [0.05, 0.1) is 17.4 Å². The number of hydrogen-bond acceptors (Lipinski definition) is 2. The zero-order chi connectivity index (χ0) is 15.5. The summed E-state index contributed by atoms with van der Waals surface area (Å²) >= 11 is 0. The molecule has 0 spiro atoms. The van der Waals surface area contributed by atoms with Crippen molar-refractivity contribution in [1.29, 1.82) is 0 Å². The summed E-state index contributed by atoms with van der Waals surface area (Å²) in [4.78, 5) is 16.4. The second kappa shape index (κ2) is 6.02. The highest BCUT2D eigenvalue weighted by Crippen LogP contribution is 2.18. The summed E-state index contributed by atoms with van der Waals surface area (Å²) in [5, 5.41) is 2.90. The van der Waals surface area contributed by atoms with Crippen molar-refractivity contribution in [3.63, 3.8) is 0 Å². The normalized spacial score (nSPS) is 10.8. The minimum atomic E-state index is 0.0110. The number of carbonyl (C=O) groups is 1. The van der Waals surface area contributed by atoms with Crippen molar-refractivity contribution < 1.29 is 4.79 Å². The maximum absolute atomic E-state index is 12.0. The van der Waals surface area contributed by atoms with Crippen LogP contribution >= 0.6 is 0 Å². The molecule has 1 amide bonds. The molecule has 1 heterocycles. The molecule has 22 heavy (non-hydrogen) atoms. The number of nitrogens with zero attached hydrogens (tertiary/aromatic N) is 2. The number of benzene rings is 2. The van der Waals surface area contributed by atoms with Crippen LogP contribution in [0.3, 0.4) is 0 Å².